The van der Waals surface area contributed by atoms with Gasteiger partial charge in [-0.05, 0) is 53.5 Å². The Morgan fingerprint density at radius 1 is 0.252 bits per heavy atom. The first-order chi connectivity index (χ1) is 50.4. The number of aryl methyl sites for hydroxylation is 3. The summed E-state index contributed by atoms with van der Waals surface area (Å²) in [6, 6.07) is 96.8. The molecule has 0 spiro atoms. The summed E-state index contributed by atoms with van der Waals surface area (Å²) in [5, 5.41) is 13.6. The van der Waals surface area contributed by atoms with Gasteiger partial charge in [-0.2, -0.15) is 0 Å². The average Bonchev–Trinajstić information content (AvgIpc) is 1.61. The molecule has 9 aromatic heterocycles. The van der Waals surface area contributed by atoms with Gasteiger partial charge in [0.25, 0.3) is 0 Å². The third kappa shape index (κ3) is 10.6. The van der Waals surface area contributed by atoms with E-state index in [0.717, 1.165) is 218 Å². The molecule has 9 heterocycles. The molecule has 10 heteroatoms. The van der Waals surface area contributed by atoms with Crippen molar-refractivity contribution in [2.24, 2.45) is 0 Å². The Kier molecular flexibility index (Phi) is 15.8. The second-order valence-electron chi connectivity index (χ2n) is 25.7. The van der Waals surface area contributed by atoms with Crippen LogP contribution in [0, 0.1) is 18.2 Å². The molecule has 0 unspecified atom stereocenters. The number of nitrogens with zero attached hydrogens (tertiary/aromatic N) is 3. The first-order valence-electron chi connectivity index (χ1n) is 34.6. The van der Waals surface area contributed by atoms with Crippen LogP contribution in [0.15, 0.2) is 300 Å². The summed E-state index contributed by atoms with van der Waals surface area (Å²) in [6.07, 6.45) is 8.49. The smallest absolute Gasteiger partial charge is 0.501 e. The van der Waals surface area contributed by atoms with E-state index in [1.807, 2.05) is 128 Å². The van der Waals surface area contributed by atoms with Gasteiger partial charge < -0.3 is 41.5 Å². The molecule has 21 rings (SSSR count). The SMILES string of the molecule is CCc1c[c-]c(-c2ccc(-c3cccc4c3oc3ccccc34)cn2)c2oc3ccccc3c12.CCc1c[c-]c(-c2ccc(-c3cccc4c3oc3ccccc34)cn2)c2oc3ccccc3c12.CCc1c[c-]c(-c2ccc(-c3cccc4c3oc3ccccc34)cn2)c2oc3ccccc3c12.[Ir+3]. The molecule has 103 heavy (non-hydrogen) atoms. The maximum absolute atomic E-state index is 6.30. The van der Waals surface area contributed by atoms with Crippen molar-refractivity contribution in [3.63, 3.8) is 0 Å². The van der Waals surface area contributed by atoms with Crippen LogP contribution in [0.3, 0.4) is 0 Å². The number of pyridine rings is 3. The standard InChI is InChI=1S/3C31H20NO2.Ir/c3*1-2-19-14-16-24(31-29(19)25-9-4-6-13-28(25)34-31)26-17-15-20(18-32-26)21-10-7-11-23-22-8-3-5-12-27(22)33-30(21)23;/h3*3-15,17-18H,2H2,1H3;/q3*-1;+3. The van der Waals surface area contributed by atoms with Crippen molar-refractivity contribution >= 4 is 132 Å². The van der Waals surface area contributed by atoms with Crippen molar-refractivity contribution in [3.8, 4) is 67.2 Å². The van der Waals surface area contributed by atoms with E-state index in [1.165, 1.54) is 16.7 Å². The molecular weight excluding hydrogens is 1450 g/mol. The molecule has 9 nitrogen and oxygen atoms in total. The van der Waals surface area contributed by atoms with Gasteiger partial charge in [-0.15, -0.1) is 53.1 Å². The summed E-state index contributed by atoms with van der Waals surface area (Å²) in [7, 11) is 0. The van der Waals surface area contributed by atoms with Crippen LogP contribution in [-0.4, -0.2) is 15.0 Å². The Bertz CT molecular complexity index is 6170. The molecule has 0 atom stereocenters. The molecule has 0 bridgehead atoms. The molecule has 0 saturated carbocycles. The Hall–Kier alpha value is -12.5. The van der Waals surface area contributed by atoms with Crippen LogP contribution in [0.4, 0.5) is 0 Å². The summed E-state index contributed by atoms with van der Waals surface area (Å²) in [6.45, 7) is 6.49. The molecule has 0 N–H and O–H groups in total. The quantitative estimate of drug-likeness (QED) is 0.130. The van der Waals surface area contributed by atoms with Crippen molar-refractivity contribution < 1.29 is 46.6 Å². The minimum absolute atomic E-state index is 0. The largest absolute Gasteiger partial charge is 3.00 e. The normalized spacial score (nSPS) is 11.7. The fourth-order valence-corrected chi connectivity index (χ4v) is 14.9. The topological polar surface area (TPSA) is 118 Å². The fourth-order valence-electron chi connectivity index (χ4n) is 14.9. The summed E-state index contributed by atoms with van der Waals surface area (Å²) >= 11 is 0. The van der Waals surface area contributed by atoms with Gasteiger partial charge in [0, 0.05) is 100 Å². The third-order valence-electron chi connectivity index (χ3n) is 20.0. The van der Waals surface area contributed by atoms with Crippen LogP contribution in [0.25, 0.3) is 199 Å². The maximum atomic E-state index is 6.30. The van der Waals surface area contributed by atoms with Gasteiger partial charge >= 0.3 is 20.1 Å². The fraction of sp³-hybridized carbons (Fsp3) is 0.0645. The van der Waals surface area contributed by atoms with Crippen molar-refractivity contribution in [1.82, 2.24) is 15.0 Å². The van der Waals surface area contributed by atoms with Gasteiger partial charge in [-0.1, -0.05) is 273 Å². The predicted molar refractivity (Wildman–Crippen MR) is 414 cm³/mol. The van der Waals surface area contributed by atoms with Crippen molar-refractivity contribution in [3.05, 3.63) is 308 Å². The number of hydrogen-bond donors (Lipinski definition) is 0. The molecule has 21 aromatic rings. The number of aromatic nitrogens is 3. The Morgan fingerprint density at radius 2 is 0.495 bits per heavy atom. The van der Waals surface area contributed by atoms with Crippen LogP contribution in [-0.2, 0) is 39.4 Å². The summed E-state index contributed by atoms with van der Waals surface area (Å²) < 4.78 is 37.6. The zero-order valence-corrected chi connectivity index (χ0v) is 58.6. The zero-order valence-electron chi connectivity index (χ0n) is 56.2. The minimum Gasteiger partial charge on any atom is -0.501 e. The Morgan fingerprint density at radius 3 is 0.757 bits per heavy atom. The molecule has 0 aliphatic carbocycles. The van der Waals surface area contributed by atoms with Crippen LogP contribution in [0.1, 0.15) is 37.5 Å². The monoisotopic (exact) mass is 1510 g/mol. The average molecular weight is 1510 g/mol. The van der Waals surface area contributed by atoms with Crippen LogP contribution in [0.2, 0.25) is 0 Å². The van der Waals surface area contributed by atoms with Gasteiger partial charge in [0.05, 0.1) is 16.7 Å². The second kappa shape index (κ2) is 25.9. The first kappa shape index (κ1) is 62.8. The Labute approximate surface area is 604 Å². The molecule has 0 fully saturated rings. The zero-order chi connectivity index (χ0) is 67.9. The van der Waals surface area contributed by atoms with E-state index in [4.69, 9.17) is 41.5 Å². The number of fused-ring (bicyclic) bond motifs is 18. The molecule has 0 amide bonds. The van der Waals surface area contributed by atoms with Crippen LogP contribution >= 0.6 is 0 Å². The maximum Gasteiger partial charge on any atom is 3.00 e. The van der Waals surface area contributed by atoms with Crippen molar-refractivity contribution in [2.75, 3.05) is 0 Å². The second-order valence-corrected chi connectivity index (χ2v) is 25.7. The first-order valence-corrected chi connectivity index (χ1v) is 34.6. The van der Waals surface area contributed by atoms with E-state index >= 15 is 0 Å². The van der Waals surface area contributed by atoms with E-state index in [2.05, 4.69) is 185 Å². The van der Waals surface area contributed by atoms with Gasteiger partial charge in [-0.25, -0.2) is 0 Å². The van der Waals surface area contributed by atoms with E-state index in [0.29, 0.717) is 0 Å². The van der Waals surface area contributed by atoms with Crippen molar-refractivity contribution in [2.45, 2.75) is 40.0 Å². The van der Waals surface area contributed by atoms with E-state index < -0.39 is 0 Å². The van der Waals surface area contributed by atoms with Gasteiger partial charge in [-0.3, -0.25) is 0 Å². The van der Waals surface area contributed by atoms with E-state index in [9.17, 15) is 0 Å². The molecule has 0 aliphatic heterocycles. The number of hydrogen-bond acceptors (Lipinski definition) is 9. The summed E-state index contributed by atoms with van der Waals surface area (Å²) in [5.74, 6) is 0. The molecule has 492 valence electrons. The van der Waals surface area contributed by atoms with Gasteiger partial charge in [0.1, 0.15) is 50.2 Å². The third-order valence-corrected chi connectivity index (χ3v) is 20.0. The van der Waals surface area contributed by atoms with Crippen molar-refractivity contribution in [1.29, 1.82) is 0 Å². The predicted octanol–water partition coefficient (Wildman–Crippen LogP) is 25.7. The van der Waals surface area contributed by atoms with E-state index in [-0.39, 0.29) is 20.1 Å². The molecule has 0 aliphatic rings. The summed E-state index contributed by atoms with van der Waals surface area (Å²) in [4.78, 5) is 14.5. The number of furan rings is 6. The molecule has 0 radical (unpaired) electrons. The Balaban J connectivity index is 0.000000110. The number of benzene rings is 12. The minimum atomic E-state index is 0. The van der Waals surface area contributed by atoms with Crippen LogP contribution < -0.4 is 0 Å². The van der Waals surface area contributed by atoms with Crippen LogP contribution in [0.5, 0.6) is 0 Å². The summed E-state index contributed by atoms with van der Waals surface area (Å²) in [5.41, 5.74) is 25.6. The van der Waals surface area contributed by atoms with Gasteiger partial charge in [0.2, 0.25) is 0 Å². The number of rotatable bonds is 9. The molecule has 0 saturated heterocycles. The van der Waals surface area contributed by atoms with E-state index in [1.54, 1.807) is 0 Å². The van der Waals surface area contributed by atoms with Gasteiger partial charge in [0.15, 0.2) is 0 Å². The number of para-hydroxylation sites is 9. The molecular formula is C93H60IrN3O6. The molecule has 12 aromatic carbocycles.